The average Bonchev–Trinajstić information content (AvgIpc) is 3.33. The predicted octanol–water partition coefficient (Wildman–Crippen LogP) is 12.2. The Morgan fingerprint density at radius 2 is 1.21 bits per heavy atom. The standard InChI is InChI=1S/C45H36N2/c1-44-25-8-9-26-45(44,2)47(43-36-13-7-6-12-30(36)24-27-46-43)40-23-18-33(28-39(40)44)35-20-15-32-16-21-37-34(29-10-4-3-5-11-29)19-14-31-17-22-38(35)42(32)41(31)37/h3-7,10-24,27-28H,8-9,25-26H2,1-2H3. The van der Waals surface area contributed by atoms with Gasteiger partial charge in [0.05, 0.1) is 5.54 Å². The number of aromatic nitrogens is 1. The van der Waals surface area contributed by atoms with Crippen molar-refractivity contribution in [2.45, 2.75) is 50.5 Å². The highest BCUT2D eigenvalue weighted by Gasteiger charge is 2.58. The Labute approximate surface area is 275 Å². The van der Waals surface area contributed by atoms with Gasteiger partial charge in [-0.25, -0.2) is 4.98 Å². The van der Waals surface area contributed by atoms with Gasteiger partial charge in [-0.05, 0) is 103 Å². The van der Waals surface area contributed by atoms with Gasteiger partial charge in [-0.15, -0.1) is 0 Å². The zero-order chi connectivity index (χ0) is 31.3. The third-order valence-electron chi connectivity index (χ3n) is 12.0. The maximum Gasteiger partial charge on any atom is 0.141 e. The molecule has 10 rings (SSSR count). The molecule has 226 valence electrons. The first-order chi connectivity index (χ1) is 23.0. The highest BCUT2D eigenvalue weighted by molar-refractivity contribution is 6.27. The van der Waals surface area contributed by atoms with Gasteiger partial charge in [0.15, 0.2) is 0 Å². The molecule has 0 saturated heterocycles. The molecule has 1 saturated carbocycles. The van der Waals surface area contributed by atoms with Gasteiger partial charge in [-0.1, -0.05) is 129 Å². The molecule has 2 heteroatoms. The number of nitrogens with zero attached hydrogens (tertiary/aromatic N) is 2. The summed E-state index contributed by atoms with van der Waals surface area (Å²) < 4.78 is 0. The Balaban J connectivity index is 1.20. The molecule has 1 aliphatic carbocycles. The molecule has 2 atom stereocenters. The lowest BCUT2D eigenvalue weighted by molar-refractivity contribution is 0.194. The summed E-state index contributed by atoms with van der Waals surface area (Å²) in [5, 5.41) is 10.4. The van der Waals surface area contributed by atoms with Crippen LogP contribution in [0.1, 0.15) is 45.1 Å². The fraction of sp³-hybridized carbons (Fsp3) is 0.178. The molecular weight excluding hydrogens is 569 g/mol. The number of pyridine rings is 1. The van der Waals surface area contributed by atoms with E-state index in [2.05, 4.69) is 146 Å². The molecule has 47 heavy (non-hydrogen) atoms. The molecule has 1 aliphatic heterocycles. The van der Waals surface area contributed by atoms with Crippen molar-refractivity contribution >= 4 is 54.6 Å². The van der Waals surface area contributed by atoms with Crippen molar-refractivity contribution in [2.24, 2.45) is 0 Å². The summed E-state index contributed by atoms with van der Waals surface area (Å²) in [6.45, 7) is 5.02. The first-order valence-corrected chi connectivity index (χ1v) is 17.1. The fourth-order valence-corrected chi connectivity index (χ4v) is 9.43. The van der Waals surface area contributed by atoms with E-state index in [9.17, 15) is 0 Å². The second-order valence-electron chi connectivity index (χ2n) is 14.3. The van der Waals surface area contributed by atoms with E-state index >= 15 is 0 Å². The molecule has 2 nitrogen and oxygen atoms in total. The fourth-order valence-electron chi connectivity index (χ4n) is 9.43. The van der Waals surface area contributed by atoms with E-state index in [1.807, 2.05) is 6.20 Å². The number of anilines is 2. The first-order valence-electron chi connectivity index (χ1n) is 17.1. The van der Waals surface area contributed by atoms with E-state index in [4.69, 9.17) is 4.98 Å². The maximum absolute atomic E-state index is 5.08. The number of benzene rings is 7. The first kappa shape index (κ1) is 27.0. The van der Waals surface area contributed by atoms with Crippen molar-refractivity contribution < 1.29 is 0 Å². The zero-order valence-electron chi connectivity index (χ0n) is 26.9. The molecule has 7 aromatic carbocycles. The van der Waals surface area contributed by atoms with Crippen molar-refractivity contribution in [3.63, 3.8) is 0 Å². The highest BCUT2D eigenvalue weighted by atomic mass is 15.3. The molecule has 0 N–H and O–H groups in total. The van der Waals surface area contributed by atoms with Gasteiger partial charge >= 0.3 is 0 Å². The lowest BCUT2D eigenvalue weighted by Gasteiger charge is -2.50. The lowest BCUT2D eigenvalue weighted by Crippen LogP contribution is -2.54. The molecule has 8 aromatic rings. The van der Waals surface area contributed by atoms with Crippen LogP contribution < -0.4 is 4.90 Å². The third-order valence-corrected chi connectivity index (χ3v) is 12.0. The van der Waals surface area contributed by atoms with Crippen LogP contribution in [-0.2, 0) is 5.41 Å². The summed E-state index contributed by atoms with van der Waals surface area (Å²) >= 11 is 0. The molecule has 2 unspecified atom stereocenters. The van der Waals surface area contributed by atoms with Crippen molar-refractivity contribution in [3.05, 3.63) is 139 Å². The minimum absolute atomic E-state index is 0.0174. The molecule has 0 amide bonds. The molecule has 0 bridgehead atoms. The number of rotatable bonds is 3. The topological polar surface area (TPSA) is 16.1 Å². The lowest BCUT2D eigenvalue weighted by atomic mass is 9.61. The molecule has 0 radical (unpaired) electrons. The van der Waals surface area contributed by atoms with E-state index in [-0.39, 0.29) is 11.0 Å². The third kappa shape index (κ3) is 3.59. The monoisotopic (exact) mass is 604 g/mol. The van der Waals surface area contributed by atoms with Crippen LogP contribution in [0.4, 0.5) is 11.5 Å². The normalized spacial score (nSPS) is 20.8. The minimum Gasteiger partial charge on any atom is -0.319 e. The summed E-state index contributed by atoms with van der Waals surface area (Å²) in [4.78, 5) is 7.69. The predicted molar refractivity (Wildman–Crippen MR) is 199 cm³/mol. The summed E-state index contributed by atoms with van der Waals surface area (Å²) in [7, 11) is 0. The smallest absolute Gasteiger partial charge is 0.141 e. The molecule has 1 fully saturated rings. The van der Waals surface area contributed by atoms with Gasteiger partial charge in [-0.2, -0.15) is 0 Å². The van der Waals surface area contributed by atoms with E-state index in [1.165, 1.54) is 95.9 Å². The van der Waals surface area contributed by atoms with E-state index < -0.39 is 0 Å². The van der Waals surface area contributed by atoms with Crippen LogP contribution in [0.15, 0.2) is 134 Å². The van der Waals surface area contributed by atoms with Crippen LogP contribution in [0, 0.1) is 0 Å². The minimum atomic E-state index is -0.0557. The van der Waals surface area contributed by atoms with E-state index in [1.54, 1.807) is 0 Å². The Hall–Kier alpha value is -5.21. The van der Waals surface area contributed by atoms with Gasteiger partial charge in [-0.3, -0.25) is 0 Å². The summed E-state index contributed by atoms with van der Waals surface area (Å²) in [5.74, 6) is 1.09. The number of hydrogen-bond donors (Lipinski definition) is 0. The van der Waals surface area contributed by atoms with Crippen LogP contribution in [0.2, 0.25) is 0 Å². The molecule has 2 aliphatic rings. The van der Waals surface area contributed by atoms with Gasteiger partial charge in [0.1, 0.15) is 5.82 Å². The molecule has 0 spiro atoms. The van der Waals surface area contributed by atoms with Crippen molar-refractivity contribution in [2.75, 3.05) is 4.90 Å². The van der Waals surface area contributed by atoms with Crippen LogP contribution in [0.5, 0.6) is 0 Å². The summed E-state index contributed by atoms with van der Waals surface area (Å²) in [5.41, 5.74) is 7.90. The van der Waals surface area contributed by atoms with E-state index in [0.29, 0.717) is 0 Å². The van der Waals surface area contributed by atoms with Gasteiger partial charge in [0.25, 0.3) is 0 Å². The van der Waals surface area contributed by atoms with Crippen molar-refractivity contribution in [3.8, 4) is 22.3 Å². The Bertz CT molecular complexity index is 2510. The quantitative estimate of drug-likeness (QED) is 0.187. The Morgan fingerprint density at radius 3 is 1.98 bits per heavy atom. The average molecular weight is 605 g/mol. The molecule has 2 heterocycles. The van der Waals surface area contributed by atoms with Gasteiger partial charge < -0.3 is 4.90 Å². The highest BCUT2D eigenvalue weighted by Crippen LogP contribution is 2.61. The number of fused-ring (bicyclic) bond motifs is 4. The molecule has 1 aromatic heterocycles. The van der Waals surface area contributed by atoms with Crippen LogP contribution in [-0.4, -0.2) is 10.5 Å². The SMILES string of the molecule is CC12CCCCC1(C)N(c1nccc3ccccc13)c1ccc(-c3ccc4ccc5c(-c6ccccc6)ccc6ccc3c4c65)cc12. The second-order valence-corrected chi connectivity index (χ2v) is 14.3. The van der Waals surface area contributed by atoms with Crippen LogP contribution in [0.3, 0.4) is 0 Å². The Morgan fingerprint density at radius 1 is 0.553 bits per heavy atom. The van der Waals surface area contributed by atoms with Crippen LogP contribution >= 0.6 is 0 Å². The van der Waals surface area contributed by atoms with Gasteiger partial charge in [0.2, 0.25) is 0 Å². The van der Waals surface area contributed by atoms with Crippen LogP contribution in [0.25, 0.3) is 65.3 Å². The summed E-state index contributed by atoms with van der Waals surface area (Å²) in [6, 6.07) is 47.5. The van der Waals surface area contributed by atoms with Gasteiger partial charge in [0, 0.05) is 22.7 Å². The van der Waals surface area contributed by atoms with Crippen molar-refractivity contribution in [1.82, 2.24) is 4.98 Å². The number of hydrogen-bond acceptors (Lipinski definition) is 2. The maximum atomic E-state index is 5.08. The van der Waals surface area contributed by atoms with E-state index in [0.717, 1.165) is 12.2 Å². The second kappa shape index (κ2) is 9.65. The largest absolute Gasteiger partial charge is 0.319 e. The van der Waals surface area contributed by atoms with Crippen molar-refractivity contribution in [1.29, 1.82) is 0 Å². The Kier molecular flexibility index (Phi) is 5.54. The molecular formula is C45H36N2. The zero-order valence-corrected chi connectivity index (χ0v) is 26.9. The summed E-state index contributed by atoms with van der Waals surface area (Å²) in [6.07, 6.45) is 6.83.